The summed E-state index contributed by atoms with van der Waals surface area (Å²) in [6.45, 7) is 4.10. The number of rotatable bonds is 2. The molecule has 0 bridgehead atoms. The van der Waals surface area contributed by atoms with E-state index in [2.05, 4.69) is 41.9 Å². The predicted molar refractivity (Wildman–Crippen MR) is 86.1 cm³/mol. The van der Waals surface area contributed by atoms with Gasteiger partial charge >= 0.3 is 0 Å². The molecule has 0 aliphatic carbocycles. The maximum atomic E-state index is 6.34. The number of halogens is 3. The number of aryl methyl sites for hydroxylation is 2. The van der Waals surface area contributed by atoms with Crippen LogP contribution in [0.4, 0.5) is 0 Å². The number of benzene rings is 2. The molecule has 0 aliphatic rings. The summed E-state index contributed by atoms with van der Waals surface area (Å²) in [4.78, 5) is 0. The second-order valence-electron chi connectivity index (χ2n) is 4.61. The SMILES string of the molecule is Cc1cc(C(N)c2ccc(Cl)c(Cl)c2)c(C)cc1Br. The standard InChI is InChI=1S/C15H14BrCl2N/c1-8-6-12(16)9(2)5-11(8)15(19)10-3-4-13(17)14(18)7-10/h3-7,15H,19H2,1-2H3. The zero-order valence-corrected chi connectivity index (χ0v) is 13.8. The summed E-state index contributed by atoms with van der Waals surface area (Å²) in [6, 6.07) is 9.50. The van der Waals surface area contributed by atoms with Crippen molar-refractivity contribution in [2.24, 2.45) is 5.73 Å². The molecule has 0 spiro atoms. The quantitative estimate of drug-likeness (QED) is 0.761. The van der Waals surface area contributed by atoms with Crippen LogP contribution in [0.2, 0.25) is 10.0 Å². The zero-order valence-electron chi connectivity index (χ0n) is 10.7. The highest BCUT2D eigenvalue weighted by atomic mass is 79.9. The Hall–Kier alpha value is -0.540. The van der Waals surface area contributed by atoms with E-state index in [4.69, 9.17) is 28.9 Å². The van der Waals surface area contributed by atoms with Crippen LogP contribution in [-0.2, 0) is 0 Å². The summed E-state index contributed by atoms with van der Waals surface area (Å²) in [5.74, 6) is 0. The van der Waals surface area contributed by atoms with Gasteiger partial charge in [-0.05, 0) is 54.3 Å². The summed E-state index contributed by atoms with van der Waals surface area (Å²) >= 11 is 15.5. The van der Waals surface area contributed by atoms with E-state index in [0.29, 0.717) is 10.0 Å². The molecule has 19 heavy (non-hydrogen) atoms. The molecule has 0 amide bonds. The molecule has 1 unspecified atom stereocenters. The Labute approximate surface area is 131 Å². The summed E-state index contributed by atoms with van der Waals surface area (Å²) in [6.07, 6.45) is 0. The summed E-state index contributed by atoms with van der Waals surface area (Å²) in [7, 11) is 0. The lowest BCUT2D eigenvalue weighted by Crippen LogP contribution is -2.13. The van der Waals surface area contributed by atoms with Crippen LogP contribution in [0.1, 0.15) is 28.3 Å². The van der Waals surface area contributed by atoms with E-state index in [1.165, 1.54) is 0 Å². The minimum absolute atomic E-state index is 0.207. The highest BCUT2D eigenvalue weighted by Crippen LogP contribution is 2.31. The monoisotopic (exact) mass is 357 g/mol. The molecule has 100 valence electrons. The molecule has 0 heterocycles. The molecule has 0 saturated carbocycles. The molecule has 2 rings (SSSR count). The van der Waals surface area contributed by atoms with Gasteiger partial charge in [0.15, 0.2) is 0 Å². The first-order chi connectivity index (χ1) is 8.90. The van der Waals surface area contributed by atoms with Gasteiger partial charge in [0.1, 0.15) is 0 Å². The van der Waals surface area contributed by atoms with E-state index < -0.39 is 0 Å². The van der Waals surface area contributed by atoms with Crippen LogP contribution in [0.5, 0.6) is 0 Å². The lowest BCUT2D eigenvalue weighted by atomic mass is 9.94. The van der Waals surface area contributed by atoms with E-state index in [9.17, 15) is 0 Å². The van der Waals surface area contributed by atoms with Crippen LogP contribution in [0, 0.1) is 13.8 Å². The molecular formula is C15H14BrCl2N. The molecule has 0 fully saturated rings. The van der Waals surface area contributed by atoms with E-state index >= 15 is 0 Å². The topological polar surface area (TPSA) is 26.0 Å². The van der Waals surface area contributed by atoms with E-state index in [1.54, 1.807) is 6.07 Å². The Morgan fingerprint density at radius 2 is 1.68 bits per heavy atom. The molecule has 1 atom stereocenters. The Kier molecular flexibility index (Phi) is 4.57. The van der Waals surface area contributed by atoms with Gasteiger partial charge in [0.2, 0.25) is 0 Å². The van der Waals surface area contributed by atoms with Crippen molar-refractivity contribution in [3.05, 3.63) is 67.1 Å². The lowest BCUT2D eigenvalue weighted by Gasteiger charge is -2.17. The molecule has 2 aromatic rings. The third-order valence-electron chi connectivity index (χ3n) is 3.19. The number of hydrogen-bond donors (Lipinski definition) is 1. The van der Waals surface area contributed by atoms with Crippen molar-refractivity contribution in [1.29, 1.82) is 0 Å². The predicted octanol–water partition coefficient (Wildman–Crippen LogP) is 5.42. The molecule has 0 aromatic heterocycles. The van der Waals surface area contributed by atoms with Gasteiger partial charge in [-0.3, -0.25) is 0 Å². The second-order valence-corrected chi connectivity index (χ2v) is 6.28. The van der Waals surface area contributed by atoms with Crippen molar-refractivity contribution in [3.63, 3.8) is 0 Å². The molecule has 0 radical (unpaired) electrons. The fourth-order valence-corrected chi connectivity index (χ4v) is 2.79. The first-order valence-electron chi connectivity index (χ1n) is 5.87. The molecule has 2 N–H and O–H groups in total. The van der Waals surface area contributed by atoms with Crippen molar-refractivity contribution < 1.29 is 0 Å². The van der Waals surface area contributed by atoms with E-state index in [-0.39, 0.29) is 6.04 Å². The molecular weight excluding hydrogens is 345 g/mol. The molecule has 0 saturated heterocycles. The van der Waals surface area contributed by atoms with Gasteiger partial charge in [-0.2, -0.15) is 0 Å². The Morgan fingerprint density at radius 1 is 1.00 bits per heavy atom. The summed E-state index contributed by atoms with van der Waals surface area (Å²) in [5.41, 5.74) is 10.7. The van der Waals surface area contributed by atoms with Crippen molar-refractivity contribution in [2.45, 2.75) is 19.9 Å². The van der Waals surface area contributed by atoms with Crippen LogP contribution in [0.3, 0.4) is 0 Å². The second kappa shape index (κ2) is 5.84. The molecule has 2 aromatic carbocycles. The van der Waals surface area contributed by atoms with Gasteiger partial charge in [-0.25, -0.2) is 0 Å². The fraction of sp³-hybridized carbons (Fsp3) is 0.200. The van der Waals surface area contributed by atoms with Crippen molar-refractivity contribution in [1.82, 2.24) is 0 Å². The van der Waals surface area contributed by atoms with Crippen molar-refractivity contribution in [3.8, 4) is 0 Å². The largest absolute Gasteiger partial charge is 0.320 e. The van der Waals surface area contributed by atoms with Gasteiger partial charge in [0.25, 0.3) is 0 Å². The fourth-order valence-electron chi connectivity index (χ4n) is 2.02. The van der Waals surface area contributed by atoms with Gasteiger partial charge in [-0.15, -0.1) is 0 Å². The first-order valence-corrected chi connectivity index (χ1v) is 7.42. The molecule has 4 heteroatoms. The Bertz CT molecular complexity index is 626. The minimum Gasteiger partial charge on any atom is -0.320 e. The molecule has 1 nitrogen and oxygen atoms in total. The maximum Gasteiger partial charge on any atom is 0.0595 e. The normalized spacial score (nSPS) is 12.5. The van der Waals surface area contributed by atoms with Crippen LogP contribution >= 0.6 is 39.1 Å². The highest BCUT2D eigenvalue weighted by Gasteiger charge is 2.14. The number of hydrogen-bond acceptors (Lipinski definition) is 1. The first kappa shape index (κ1) is 14.9. The average Bonchev–Trinajstić information content (AvgIpc) is 2.36. The van der Waals surface area contributed by atoms with Crippen LogP contribution in [0.25, 0.3) is 0 Å². The van der Waals surface area contributed by atoms with Crippen LogP contribution in [0.15, 0.2) is 34.8 Å². The van der Waals surface area contributed by atoms with Crippen LogP contribution in [-0.4, -0.2) is 0 Å². The Balaban J connectivity index is 2.46. The Morgan fingerprint density at radius 3 is 2.32 bits per heavy atom. The van der Waals surface area contributed by atoms with Gasteiger partial charge in [-0.1, -0.05) is 51.3 Å². The smallest absolute Gasteiger partial charge is 0.0595 e. The highest BCUT2D eigenvalue weighted by molar-refractivity contribution is 9.10. The van der Waals surface area contributed by atoms with Gasteiger partial charge < -0.3 is 5.73 Å². The minimum atomic E-state index is -0.207. The van der Waals surface area contributed by atoms with Gasteiger partial charge in [0, 0.05) is 4.47 Å². The third kappa shape index (κ3) is 3.14. The van der Waals surface area contributed by atoms with Crippen molar-refractivity contribution in [2.75, 3.05) is 0 Å². The molecule has 0 aliphatic heterocycles. The third-order valence-corrected chi connectivity index (χ3v) is 4.78. The van der Waals surface area contributed by atoms with Gasteiger partial charge in [0.05, 0.1) is 16.1 Å². The van der Waals surface area contributed by atoms with E-state index in [1.807, 2.05) is 12.1 Å². The summed E-state index contributed by atoms with van der Waals surface area (Å²) < 4.78 is 1.09. The maximum absolute atomic E-state index is 6.34. The average molecular weight is 359 g/mol. The van der Waals surface area contributed by atoms with Crippen LogP contribution < -0.4 is 5.73 Å². The summed E-state index contributed by atoms with van der Waals surface area (Å²) in [5, 5.41) is 1.07. The van der Waals surface area contributed by atoms with E-state index in [0.717, 1.165) is 26.7 Å². The number of nitrogens with two attached hydrogens (primary N) is 1. The van der Waals surface area contributed by atoms with Crippen molar-refractivity contribution >= 4 is 39.1 Å². The zero-order chi connectivity index (χ0) is 14.2. The lowest BCUT2D eigenvalue weighted by molar-refractivity contribution is 0.859.